The molecule has 2 amide bonds. The molecule has 2 fully saturated rings. The zero-order chi connectivity index (χ0) is 16.7. The van der Waals surface area contributed by atoms with Gasteiger partial charge in [-0.3, -0.25) is 4.79 Å². The van der Waals surface area contributed by atoms with Gasteiger partial charge in [-0.2, -0.15) is 5.26 Å². The summed E-state index contributed by atoms with van der Waals surface area (Å²) in [5.74, 6) is -0.261. The van der Waals surface area contributed by atoms with Gasteiger partial charge in [-0.25, -0.2) is 4.79 Å². The number of morpholine rings is 1. The first-order chi connectivity index (χ1) is 11.2. The molecule has 0 saturated carbocycles. The molecule has 2 saturated heterocycles. The summed E-state index contributed by atoms with van der Waals surface area (Å²) in [6.07, 6.45) is 1.28. The number of hydrogen-bond donors (Lipinski definition) is 0. The summed E-state index contributed by atoms with van der Waals surface area (Å²) < 4.78 is 10.2. The molecule has 8 heteroatoms. The monoisotopic (exact) mass is 322 g/mol. The Kier molecular flexibility index (Phi) is 6.23. The fourth-order valence-electron chi connectivity index (χ4n) is 2.50. The van der Waals surface area contributed by atoms with E-state index in [1.165, 1.54) is 0 Å². The van der Waals surface area contributed by atoms with Gasteiger partial charge >= 0.3 is 6.09 Å². The molecule has 2 aliphatic rings. The molecule has 0 radical (unpaired) electrons. The van der Waals surface area contributed by atoms with E-state index in [-0.39, 0.29) is 17.6 Å². The SMILES string of the molecule is CCOC(=O)N1CCN(/C=C(/C#N)C(=O)N2CCOCC2)CC1. The fourth-order valence-corrected chi connectivity index (χ4v) is 2.50. The lowest BCUT2D eigenvalue weighted by molar-refractivity contribution is -0.130. The molecule has 0 aliphatic carbocycles. The Bertz CT molecular complexity index is 500. The van der Waals surface area contributed by atoms with Gasteiger partial charge in [-0.1, -0.05) is 0 Å². The maximum Gasteiger partial charge on any atom is 0.409 e. The second kappa shape index (κ2) is 8.39. The van der Waals surface area contributed by atoms with Gasteiger partial charge in [0.2, 0.25) is 0 Å². The molecule has 126 valence electrons. The predicted octanol–water partition coefficient (Wildman–Crippen LogP) is 0.0268. The van der Waals surface area contributed by atoms with Crippen molar-refractivity contribution < 1.29 is 19.1 Å². The van der Waals surface area contributed by atoms with Crippen molar-refractivity contribution in [3.05, 3.63) is 11.8 Å². The van der Waals surface area contributed by atoms with E-state index in [0.29, 0.717) is 59.1 Å². The molecular weight excluding hydrogens is 300 g/mol. The summed E-state index contributed by atoms with van der Waals surface area (Å²) in [5, 5.41) is 9.26. The van der Waals surface area contributed by atoms with Crippen molar-refractivity contribution in [2.45, 2.75) is 6.92 Å². The number of rotatable bonds is 3. The summed E-state index contributed by atoms with van der Waals surface area (Å²) >= 11 is 0. The minimum Gasteiger partial charge on any atom is -0.450 e. The predicted molar refractivity (Wildman–Crippen MR) is 81.3 cm³/mol. The van der Waals surface area contributed by atoms with Crippen molar-refractivity contribution in [2.75, 3.05) is 59.1 Å². The largest absolute Gasteiger partial charge is 0.450 e. The number of amides is 2. The third-order valence-electron chi connectivity index (χ3n) is 3.80. The molecule has 0 bridgehead atoms. The standard InChI is InChI=1S/C15H22N4O4/c1-2-23-15(21)19-5-3-17(4-6-19)12-13(11-16)14(20)18-7-9-22-10-8-18/h12H,2-10H2,1H3/b13-12-. The first-order valence-corrected chi connectivity index (χ1v) is 7.80. The molecule has 23 heavy (non-hydrogen) atoms. The fraction of sp³-hybridized carbons (Fsp3) is 0.667. The number of carbonyl (C=O) groups excluding carboxylic acids is 2. The molecule has 8 nitrogen and oxygen atoms in total. The molecular formula is C15H22N4O4. The average Bonchev–Trinajstić information content (AvgIpc) is 2.60. The van der Waals surface area contributed by atoms with Gasteiger partial charge in [0.25, 0.3) is 5.91 Å². The van der Waals surface area contributed by atoms with Gasteiger partial charge in [0.15, 0.2) is 0 Å². The zero-order valence-corrected chi connectivity index (χ0v) is 13.4. The van der Waals surface area contributed by atoms with Gasteiger partial charge in [-0.05, 0) is 6.92 Å². The first-order valence-electron chi connectivity index (χ1n) is 7.80. The van der Waals surface area contributed by atoms with Gasteiger partial charge in [0.1, 0.15) is 11.6 Å². The van der Waals surface area contributed by atoms with E-state index in [4.69, 9.17) is 9.47 Å². The summed E-state index contributed by atoms with van der Waals surface area (Å²) in [5.41, 5.74) is 0.122. The second-order valence-corrected chi connectivity index (χ2v) is 5.28. The molecule has 0 aromatic heterocycles. The van der Waals surface area contributed by atoms with Crippen molar-refractivity contribution in [2.24, 2.45) is 0 Å². The second-order valence-electron chi connectivity index (χ2n) is 5.28. The van der Waals surface area contributed by atoms with Crippen LogP contribution in [-0.2, 0) is 14.3 Å². The number of nitriles is 1. The highest BCUT2D eigenvalue weighted by molar-refractivity contribution is 5.97. The lowest BCUT2D eigenvalue weighted by Gasteiger charge is -2.33. The highest BCUT2D eigenvalue weighted by Gasteiger charge is 2.24. The molecule has 0 N–H and O–H groups in total. The van der Waals surface area contributed by atoms with E-state index < -0.39 is 0 Å². The summed E-state index contributed by atoms with van der Waals surface area (Å²) in [6, 6.07) is 1.98. The summed E-state index contributed by atoms with van der Waals surface area (Å²) in [4.78, 5) is 29.1. The van der Waals surface area contributed by atoms with Gasteiger partial charge < -0.3 is 24.2 Å². The van der Waals surface area contributed by atoms with Crippen LogP contribution in [0.5, 0.6) is 0 Å². The van der Waals surface area contributed by atoms with Crippen LogP contribution in [0.3, 0.4) is 0 Å². The Hall–Kier alpha value is -2.27. The van der Waals surface area contributed by atoms with Crippen LogP contribution in [0.4, 0.5) is 4.79 Å². The minimum absolute atomic E-state index is 0.122. The van der Waals surface area contributed by atoms with E-state index in [0.717, 1.165) is 0 Å². The molecule has 2 rings (SSSR count). The molecule has 0 aromatic rings. The number of carbonyl (C=O) groups is 2. The molecule has 2 aliphatic heterocycles. The molecule has 0 unspecified atom stereocenters. The van der Waals surface area contributed by atoms with Crippen LogP contribution in [0.15, 0.2) is 11.8 Å². The van der Waals surface area contributed by atoms with Crippen LogP contribution in [0, 0.1) is 11.3 Å². The minimum atomic E-state index is -0.318. The number of ether oxygens (including phenoxy) is 2. The van der Waals surface area contributed by atoms with Crippen LogP contribution >= 0.6 is 0 Å². The third-order valence-corrected chi connectivity index (χ3v) is 3.80. The van der Waals surface area contributed by atoms with Crippen LogP contribution in [0.25, 0.3) is 0 Å². The highest BCUT2D eigenvalue weighted by atomic mass is 16.6. The lowest BCUT2D eigenvalue weighted by Crippen LogP contribution is -2.47. The van der Waals surface area contributed by atoms with E-state index in [1.54, 1.807) is 22.9 Å². The Morgan fingerprint density at radius 3 is 2.35 bits per heavy atom. The smallest absolute Gasteiger partial charge is 0.409 e. The Balaban J connectivity index is 1.91. The maximum atomic E-state index is 12.3. The quantitative estimate of drug-likeness (QED) is 0.538. The summed E-state index contributed by atoms with van der Waals surface area (Å²) in [6.45, 7) is 6.31. The number of nitrogens with zero attached hydrogens (tertiary/aromatic N) is 4. The van der Waals surface area contributed by atoms with Crippen LogP contribution in [0.1, 0.15) is 6.92 Å². The van der Waals surface area contributed by atoms with Crippen molar-refractivity contribution >= 4 is 12.0 Å². The number of piperazine rings is 1. The van der Waals surface area contributed by atoms with Gasteiger partial charge in [-0.15, -0.1) is 0 Å². The average molecular weight is 322 g/mol. The van der Waals surface area contributed by atoms with Crippen molar-refractivity contribution in [1.82, 2.24) is 14.7 Å². The van der Waals surface area contributed by atoms with Crippen LogP contribution in [-0.4, -0.2) is 85.8 Å². The molecule has 0 aromatic carbocycles. The summed E-state index contributed by atoms with van der Waals surface area (Å²) in [7, 11) is 0. The number of hydrogen-bond acceptors (Lipinski definition) is 6. The van der Waals surface area contributed by atoms with Gasteiger partial charge in [0.05, 0.1) is 19.8 Å². The first kappa shape index (κ1) is 17.1. The van der Waals surface area contributed by atoms with E-state index in [1.807, 2.05) is 11.0 Å². The van der Waals surface area contributed by atoms with Crippen molar-refractivity contribution in [1.29, 1.82) is 5.26 Å². The lowest BCUT2D eigenvalue weighted by atomic mass is 10.2. The molecule has 2 heterocycles. The molecule has 0 atom stereocenters. The zero-order valence-electron chi connectivity index (χ0n) is 13.4. The Morgan fingerprint density at radius 1 is 1.13 bits per heavy atom. The topological polar surface area (TPSA) is 86.1 Å². The van der Waals surface area contributed by atoms with Crippen LogP contribution < -0.4 is 0 Å². The van der Waals surface area contributed by atoms with E-state index >= 15 is 0 Å². The Labute approximate surface area is 135 Å². The highest BCUT2D eigenvalue weighted by Crippen LogP contribution is 2.09. The third kappa shape index (κ3) is 4.60. The normalized spacial score (nSPS) is 19.3. The van der Waals surface area contributed by atoms with E-state index in [2.05, 4.69) is 0 Å². The maximum absolute atomic E-state index is 12.3. The van der Waals surface area contributed by atoms with Crippen molar-refractivity contribution in [3.63, 3.8) is 0 Å². The Morgan fingerprint density at radius 2 is 1.78 bits per heavy atom. The van der Waals surface area contributed by atoms with Crippen LogP contribution in [0.2, 0.25) is 0 Å². The van der Waals surface area contributed by atoms with Crippen molar-refractivity contribution in [3.8, 4) is 6.07 Å². The van der Waals surface area contributed by atoms with Gasteiger partial charge in [0, 0.05) is 45.5 Å². The van der Waals surface area contributed by atoms with E-state index in [9.17, 15) is 14.9 Å². The molecule has 0 spiro atoms.